The van der Waals surface area contributed by atoms with Gasteiger partial charge in [0.1, 0.15) is 5.75 Å². The summed E-state index contributed by atoms with van der Waals surface area (Å²) in [5.41, 5.74) is 4.04. The molecule has 0 atom stereocenters. The summed E-state index contributed by atoms with van der Waals surface area (Å²) < 4.78 is 6.17. The van der Waals surface area contributed by atoms with Crippen molar-refractivity contribution in [3.63, 3.8) is 0 Å². The van der Waals surface area contributed by atoms with E-state index >= 15 is 0 Å². The number of carbonyl (C=O) groups excluding carboxylic acids is 2. The van der Waals surface area contributed by atoms with Crippen LogP contribution in [0, 0.1) is 6.92 Å². The largest absolute Gasteiger partial charge is 0.496 e. The van der Waals surface area contributed by atoms with E-state index in [9.17, 15) is 9.59 Å². The summed E-state index contributed by atoms with van der Waals surface area (Å²) >= 11 is 1.35. The molecule has 0 aliphatic carbocycles. The van der Waals surface area contributed by atoms with Gasteiger partial charge in [0.05, 0.1) is 17.3 Å². The molecule has 6 nitrogen and oxygen atoms in total. The Hall–Kier alpha value is -3.71. The first-order valence-electron chi connectivity index (χ1n) is 10.2. The van der Waals surface area contributed by atoms with Gasteiger partial charge in [-0.25, -0.2) is 4.98 Å². The highest BCUT2D eigenvalue weighted by Gasteiger charge is 2.13. The molecule has 0 saturated heterocycles. The monoisotopic (exact) mass is 445 g/mol. The third kappa shape index (κ3) is 4.95. The van der Waals surface area contributed by atoms with E-state index < -0.39 is 0 Å². The van der Waals surface area contributed by atoms with Crippen molar-refractivity contribution in [3.05, 3.63) is 83.4 Å². The number of para-hydroxylation sites is 2. The number of methoxy groups -OCH3 is 1. The van der Waals surface area contributed by atoms with Gasteiger partial charge in [-0.1, -0.05) is 47.7 Å². The first-order valence-corrected chi connectivity index (χ1v) is 11.0. The highest BCUT2D eigenvalue weighted by molar-refractivity contribution is 7.22. The Labute approximate surface area is 190 Å². The van der Waals surface area contributed by atoms with Gasteiger partial charge in [0.2, 0.25) is 5.91 Å². The maximum atomic E-state index is 12.7. The lowest BCUT2D eigenvalue weighted by Gasteiger charge is -2.07. The number of carbonyl (C=O) groups is 2. The molecular weight excluding hydrogens is 422 g/mol. The van der Waals surface area contributed by atoms with Crippen LogP contribution in [0.2, 0.25) is 0 Å². The first kappa shape index (κ1) is 21.5. The molecule has 0 aliphatic heterocycles. The molecule has 0 fully saturated rings. The van der Waals surface area contributed by atoms with Crippen LogP contribution in [0.3, 0.4) is 0 Å². The van der Waals surface area contributed by atoms with Crippen LogP contribution >= 0.6 is 11.3 Å². The SMILES string of the molecule is COc1ccccc1CCC(=O)Nc1nc2ccc(C(=O)Nc3ccccc3C)cc2s1. The van der Waals surface area contributed by atoms with E-state index in [1.807, 2.05) is 55.5 Å². The fourth-order valence-corrected chi connectivity index (χ4v) is 4.29. The number of benzene rings is 3. The Balaban J connectivity index is 1.42. The van der Waals surface area contributed by atoms with Crippen LogP contribution in [0.15, 0.2) is 66.7 Å². The minimum absolute atomic E-state index is 0.118. The smallest absolute Gasteiger partial charge is 0.255 e. The number of fused-ring (bicyclic) bond motifs is 1. The molecule has 0 bridgehead atoms. The zero-order valence-corrected chi connectivity index (χ0v) is 18.7. The quantitative estimate of drug-likeness (QED) is 0.397. The van der Waals surface area contributed by atoms with Crippen molar-refractivity contribution in [2.24, 2.45) is 0 Å². The van der Waals surface area contributed by atoms with E-state index in [4.69, 9.17) is 4.74 Å². The van der Waals surface area contributed by atoms with Crippen LogP contribution in [0.25, 0.3) is 10.2 Å². The number of hydrogen-bond donors (Lipinski definition) is 2. The van der Waals surface area contributed by atoms with Gasteiger partial charge in [0, 0.05) is 17.7 Å². The Morgan fingerprint density at radius 2 is 1.78 bits per heavy atom. The molecule has 3 aromatic carbocycles. The van der Waals surface area contributed by atoms with E-state index in [1.165, 1.54) is 11.3 Å². The van der Waals surface area contributed by atoms with Crippen LogP contribution in [-0.2, 0) is 11.2 Å². The third-order valence-electron chi connectivity index (χ3n) is 5.10. The molecular formula is C25H23N3O3S. The molecule has 0 saturated carbocycles. The normalized spacial score (nSPS) is 10.7. The predicted octanol–water partition coefficient (Wildman–Crippen LogP) is 5.44. The second-order valence-electron chi connectivity index (χ2n) is 7.33. The number of rotatable bonds is 7. The second kappa shape index (κ2) is 9.62. The summed E-state index contributed by atoms with van der Waals surface area (Å²) in [4.78, 5) is 29.6. The lowest BCUT2D eigenvalue weighted by atomic mass is 10.1. The molecule has 4 aromatic rings. The molecule has 2 N–H and O–H groups in total. The van der Waals surface area contributed by atoms with Gasteiger partial charge in [-0.05, 0) is 54.8 Å². The molecule has 4 rings (SSSR count). The summed E-state index contributed by atoms with van der Waals surface area (Å²) in [6, 6.07) is 20.6. The summed E-state index contributed by atoms with van der Waals surface area (Å²) in [6.45, 7) is 1.95. The van der Waals surface area contributed by atoms with Crippen molar-refractivity contribution in [3.8, 4) is 5.75 Å². The molecule has 0 spiro atoms. The topological polar surface area (TPSA) is 80.3 Å². The molecule has 32 heavy (non-hydrogen) atoms. The molecule has 1 aromatic heterocycles. The molecule has 1 heterocycles. The number of hydrogen-bond acceptors (Lipinski definition) is 5. The van der Waals surface area contributed by atoms with Gasteiger partial charge in [-0.3, -0.25) is 9.59 Å². The maximum Gasteiger partial charge on any atom is 0.255 e. The number of aromatic nitrogens is 1. The number of amides is 2. The van der Waals surface area contributed by atoms with Crippen LogP contribution in [-0.4, -0.2) is 23.9 Å². The Kier molecular flexibility index (Phi) is 6.47. The summed E-state index contributed by atoms with van der Waals surface area (Å²) in [6.07, 6.45) is 0.893. The van der Waals surface area contributed by atoms with E-state index in [0.717, 1.165) is 32.8 Å². The van der Waals surface area contributed by atoms with Crippen LogP contribution < -0.4 is 15.4 Å². The lowest BCUT2D eigenvalue weighted by molar-refractivity contribution is -0.116. The minimum Gasteiger partial charge on any atom is -0.496 e. The van der Waals surface area contributed by atoms with Crippen molar-refractivity contribution < 1.29 is 14.3 Å². The van der Waals surface area contributed by atoms with Crippen LogP contribution in [0.4, 0.5) is 10.8 Å². The van der Waals surface area contributed by atoms with Gasteiger partial charge in [-0.15, -0.1) is 0 Å². The van der Waals surface area contributed by atoms with Gasteiger partial charge < -0.3 is 15.4 Å². The van der Waals surface area contributed by atoms with Gasteiger partial charge in [-0.2, -0.15) is 0 Å². The number of aryl methyl sites for hydroxylation is 2. The fourth-order valence-electron chi connectivity index (χ4n) is 3.37. The third-order valence-corrected chi connectivity index (χ3v) is 6.04. The number of ether oxygens (including phenoxy) is 1. The van der Waals surface area contributed by atoms with E-state index in [0.29, 0.717) is 23.5 Å². The Morgan fingerprint density at radius 3 is 2.59 bits per heavy atom. The van der Waals surface area contributed by atoms with Gasteiger partial charge in [0.15, 0.2) is 5.13 Å². The average molecular weight is 446 g/mol. The summed E-state index contributed by atoms with van der Waals surface area (Å²) in [5, 5.41) is 6.31. The molecule has 7 heteroatoms. The molecule has 0 unspecified atom stereocenters. The fraction of sp³-hybridized carbons (Fsp3) is 0.160. The van der Waals surface area contributed by atoms with Crippen LogP contribution in [0.1, 0.15) is 27.9 Å². The average Bonchev–Trinajstić information content (AvgIpc) is 3.20. The highest BCUT2D eigenvalue weighted by atomic mass is 32.1. The van der Waals surface area contributed by atoms with E-state index in [1.54, 1.807) is 25.3 Å². The predicted molar refractivity (Wildman–Crippen MR) is 129 cm³/mol. The van der Waals surface area contributed by atoms with Crippen molar-refractivity contribution in [2.75, 3.05) is 17.7 Å². The number of nitrogens with zero attached hydrogens (tertiary/aromatic N) is 1. The van der Waals surface area contributed by atoms with E-state index in [-0.39, 0.29) is 11.8 Å². The van der Waals surface area contributed by atoms with Gasteiger partial charge in [0.25, 0.3) is 5.91 Å². The Morgan fingerprint density at radius 1 is 1.00 bits per heavy atom. The van der Waals surface area contributed by atoms with Crippen molar-refractivity contribution >= 4 is 44.2 Å². The number of thiazole rings is 1. The summed E-state index contributed by atoms with van der Waals surface area (Å²) in [7, 11) is 1.62. The zero-order chi connectivity index (χ0) is 22.5. The molecule has 0 radical (unpaired) electrons. The first-order chi connectivity index (χ1) is 15.5. The number of anilines is 2. The van der Waals surface area contributed by atoms with Crippen molar-refractivity contribution in [1.29, 1.82) is 0 Å². The Bertz CT molecular complexity index is 1280. The highest BCUT2D eigenvalue weighted by Crippen LogP contribution is 2.28. The van der Waals surface area contributed by atoms with Crippen molar-refractivity contribution in [1.82, 2.24) is 4.98 Å². The molecule has 162 valence electrons. The maximum absolute atomic E-state index is 12.7. The zero-order valence-electron chi connectivity index (χ0n) is 17.8. The van der Waals surface area contributed by atoms with E-state index in [2.05, 4.69) is 15.6 Å². The van der Waals surface area contributed by atoms with Gasteiger partial charge >= 0.3 is 0 Å². The molecule has 2 amide bonds. The van der Waals surface area contributed by atoms with Crippen LogP contribution in [0.5, 0.6) is 5.75 Å². The lowest BCUT2D eigenvalue weighted by Crippen LogP contribution is -2.12. The minimum atomic E-state index is -0.183. The summed E-state index contributed by atoms with van der Waals surface area (Å²) in [5.74, 6) is 0.473. The standard InChI is InChI=1S/C25H23N3O3S/c1-16-7-3-5-9-19(16)26-24(30)18-11-13-20-22(15-18)32-25(27-20)28-23(29)14-12-17-8-4-6-10-21(17)31-2/h3-11,13,15H,12,14H2,1-2H3,(H,26,30)(H,27,28,29). The number of nitrogens with one attached hydrogen (secondary N) is 2. The second-order valence-corrected chi connectivity index (χ2v) is 8.36. The van der Waals surface area contributed by atoms with Crippen molar-refractivity contribution in [2.45, 2.75) is 19.8 Å². The molecule has 0 aliphatic rings.